The van der Waals surface area contributed by atoms with Crippen LogP contribution in [0, 0.1) is 13.8 Å². The molecule has 0 spiro atoms. The van der Waals surface area contributed by atoms with E-state index in [1.165, 1.54) is 24.0 Å². The van der Waals surface area contributed by atoms with Crippen LogP contribution in [-0.4, -0.2) is 0 Å². The second-order valence-corrected chi connectivity index (χ2v) is 8.38. The van der Waals surface area contributed by atoms with Crippen LogP contribution in [0.2, 0.25) is 0 Å². The monoisotopic (exact) mass is 392 g/mol. The smallest absolute Gasteiger partial charge is 0.401 e. The molecule has 2 aromatic carbocycles. The number of halogens is 1. The predicted molar refractivity (Wildman–Crippen MR) is 114 cm³/mol. The molecule has 0 fully saturated rings. The van der Waals surface area contributed by atoms with E-state index < -0.39 is 7.73 Å². The first-order chi connectivity index (χ1) is 12.5. The van der Waals surface area contributed by atoms with Gasteiger partial charge in [0.15, 0.2) is 0 Å². The molecule has 0 aliphatic carbocycles. The Balaban J connectivity index is 2.06. The summed E-state index contributed by atoms with van der Waals surface area (Å²) in [4.78, 5) is 0. The van der Waals surface area contributed by atoms with E-state index in [9.17, 15) is 0 Å². The van der Waals surface area contributed by atoms with Crippen molar-refractivity contribution < 1.29 is 9.05 Å². The van der Waals surface area contributed by atoms with Crippen molar-refractivity contribution in [1.29, 1.82) is 0 Å². The first-order valence-electron chi connectivity index (χ1n) is 9.55. The fourth-order valence-electron chi connectivity index (χ4n) is 2.93. The Morgan fingerprint density at radius 1 is 0.885 bits per heavy atom. The molecule has 1 atom stereocenters. The average Bonchev–Trinajstić information content (AvgIpc) is 2.62. The Labute approximate surface area is 164 Å². The van der Waals surface area contributed by atoms with Crippen molar-refractivity contribution >= 4 is 19.0 Å². The van der Waals surface area contributed by atoms with Gasteiger partial charge in [-0.2, -0.15) is 0 Å². The molecule has 0 bridgehead atoms. The van der Waals surface area contributed by atoms with Gasteiger partial charge in [0, 0.05) is 0 Å². The summed E-state index contributed by atoms with van der Waals surface area (Å²) >= 11 is 6.44. The summed E-state index contributed by atoms with van der Waals surface area (Å²) < 4.78 is 12.0. The Bertz CT molecular complexity index is 703. The van der Waals surface area contributed by atoms with Gasteiger partial charge in [-0.25, -0.2) is 0 Å². The standard InChI is InChI=1S/C22H30ClO2P/c1-5-7-11-19-14-15-21(18(4)16-19)24-26(23)25-22-17(3)10-9-13-20(22)12-8-6-2/h9-10,13-16H,5-8,11-12H2,1-4H3. The number of para-hydroxylation sites is 1. The van der Waals surface area contributed by atoms with Gasteiger partial charge < -0.3 is 9.05 Å². The molecule has 2 aromatic rings. The van der Waals surface area contributed by atoms with E-state index in [2.05, 4.69) is 58.0 Å². The van der Waals surface area contributed by atoms with Crippen LogP contribution in [0.5, 0.6) is 11.5 Å². The Morgan fingerprint density at radius 2 is 1.62 bits per heavy atom. The van der Waals surface area contributed by atoms with Crippen LogP contribution < -0.4 is 9.05 Å². The molecule has 2 nitrogen and oxygen atoms in total. The van der Waals surface area contributed by atoms with Gasteiger partial charge in [0.2, 0.25) is 0 Å². The molecule has 0 saturated carbocycles. The van der Waals surface area contributed by atoms with Gasteiger partial charge in [0.25, 0.3) is 0 Å². The highest BCUT2D eigenvalue weighted by Crippen LogP contribution is 2.47. The minimum atomic E-state index is -1.55. The molecule has 142 valence electrons. The van der Waals surface area contributed by atoms with Crippen molar-refractivity contribution in [2.45, 2.75) is 66.2 Å². The number of benzene rings is 2. The largest absolute Gasteiger partial charge is 0.427 e. The Morgan fingerprint density at radius 3 is 2.31 bits per heavy atom. The molecule has 0 radical (unpaired) electrons. The van der Waals surface area contributed by atoms with Gasteiger partial charge in [-0.3, -0.25) is 0 Å². The summed E-state index contributed by atoms with van der Waals surface area (Å²) in [6.45, 7) is 8.52. The van der Waals surface area contributed by atoms with E-state index in [0.717, 1.165) is 48.3 Å². The first kappa shape index (κ1) is 21.1. The van der Waals surface area contributed by atoms with Gasteiger partial charge in [-0.05, 0) is 79.1 Å². The van der Waals surface area contributed by atoms with Crippen LogP contribution in [0.1, 0.15) is 61.8 Å². The fraction of sp³-hybridized carbons (Fsp3) is 0.455. The molecule has 2 rings (SSSR count). The van der Waals surface area contributed by atoms with Crippen LogP contribution in [-0.2, 0) is 12.8 Å². The lowest BCUT2D eigenvalue weighted by atomic mass is 10.0. The molecule has 1 unspecified atom stereocenters. The summed E-state index contributed by atoms with van der Waals surface area (Å²) in [6, 6.07) is 12.6. The van der Waals surface area contributed by atoms with Crippen molar-refractivity contribution in [1.82, 2.24) is 0 Å². The van der Waals surface area contributed by atoms with Crippen LogP contribution in [0.4, 0.5) is 0 Å². The number of rotatable bonds is 10. The van der Waals surface area contributed by atoms with Gasteiger partial charge in [-0.15, -0.1) is 0 Å². The van der Waals surface area contributed by atoms with E-state index in [4.69, 9.17) is 20.3 Å². The van der Waals surface area contributed by atoms with Crippen LogP contribution >= 0.6 is 19.0 Å². The van der Waals surface area contributed by atoms with Gasteiger partial charge >= 0.3 is 7.73 Å². The number of hydrogen-bond acceptors (Lipinski definition) is 2. The van der Waals surface area contributed by atoms with E-state index in [1.807, 2.05) is 6.07 Å². The molecule has 0 aliphatic heterocycles. The maximum absolute atomic E-state index is 6.44. The van der Waals surface area contributed by atoms with Crippen LogP contribution in [0.15, 0.2) is 36.4 Å². The van der Waals surface area contributed by atoms with E-state index in [-0.39, 0.29) is 0 Å². The highest BCUT2D eigenvalue weighted by Gasteiger charge is 2.17. The zero-order valence-corrected chi connectivity index (χ0v) is 18.0. The van der Waals surface area contributed by atoms with Crippen molar-refractivity contribution in [2.24, 2.45) is 0 Å². The Hall–Kier alpha value is -1.24. The lowest BCUT2D eigenvalue weighted by molar-refractivity contribution is 0.499. The molecular weight excluding hydrogens is 363 g/mol. The highest BCUT2D eigenvalue weighted by atomic mass is 35.7. The van der Waals surface area contributed by atoms with Gasteiger partial charge in [0.05, 0.1) is 0 Å². The lowest BCUT2D eigenvalue weighted by Gasteiger charge is -2.18. The third kappa shape index (κ3) is 6.18. The molecular formula is C22H30ClO2P. The van der Waals surface area contributed by atoms with Crippen molar-refractivity contribution in [3.05, 3.63) is 58.7 Å². The number of hydrogen-bond donors (Lipinski definition) is 0. The topological polar surface area (TPSA) is 18.5 Å². The van der Waals surface area contributed by atoms with Crippen molar-refractivity contribution in [3.8, 4) is 11.5 Å². The van der Waals surface area contributed by atoms with Crippen LogP contribution in [0.3, 0.4) is 0 Å². The summed E-state index contributed by atoms with van der Waals surface area (Å²) in [7, 11) is -1.55. The predicted octanol–water partition coefficient (Wildman–Crippen LogP) is 7.91. The summed E-state index contributed by atoms with van der Waals surface area (Å²) in [6.07, 6.45) is 6.81. The maximum atomic E-state index is 6.44. The second kappa shape index (κ2) is 10.8. The van der Waals surface area contributed by atoms with Gasteiger partial charge in [0.1, 0.15) is 11.5 Å². The third-order valence-corrected chi connectivity index (χ3v) is 5.57. The molecule has 0 amide bonds. The summed E-state index contributed by atoms with van der Waals surface area (Å²) in [5.74, 6) is 1.68. The van der Waals surface area contributed by atoms with Crippen molar-refractivity contribution in [2.75, 3.05) is 0 Å². The lowest BCUT2D eigenvalue weighted by Crippen LogP contribution is -1.98. The quantitative estimate of drug-likeness (QED) is 0.382. The molecule has 0 aliphatic rings. The molecule has 26 heavy (non-hydrogen) atoms. The molecule has 0 N–H and O–H groups in total. The fourth-order valence-corrected chi connectivity index (χ4v) is 4.16. The highest BCUT2D eigenvalue weighted by molar-refractivity contribution is 7.76. The zero-order chi connectivity index (χ0) is 18.9. The minimum absolute atomic E-state index is 0.801. The van der Waals surface area contributed by atoms with Crippen molar-refractivity contribution in [3.63, 3.8) is 0 Å². The molecule has 4 heteroatoms. The maximum Gasteiger partial charge on any atom is 0.401 e. The SMILES string of the molecule is CCCCc1ccc(OP(Cl)Oc2c(C)cccc2CCCC)c(C)c1. The van der Waals surface area contributed by atoms with E-state index >= 15 is 0 Å². The molecule has 0 aromatic heterocycles. The third-order valence-electron chi connectivity index (χ3n) is 4.48. The Kier molecular flexibility index (Phi) is 8.75. The first-order valence-corrected chi connectivity index (χ1v) is 11.6. The second-order valence-electron chi connectivity index (χ2n) is 6.77. The zero-order valence-electron chi connectivity index (χ0n) is 16.3. The summed E-state index contributed by atoms with van der Waals surface area (Å²) in [5.41, 5.74) is 4.75. The molecule has 0 heterocycles. The summed E-state index contributed by atoms with van der Waals surface area (Å²) in [5, 5.41) is 0. The van der Waals surface area contributed by atoms with E-state index in [1.54, 1.807) is 0 Å². The van der Waals surface area contributed by atoms with Crippen LogP contribution in [0.25, 0.3) is 0 Å². The number of unbranched alkanes of at least 4 members (excludes halogenated alkanes) is 2. The number of aryl methyl sites for hydroxylation is 4. The minimum Gasteiger partial charge on any atom is -0.427 e. The van der Waals surface area contributed by atoms with E-state index in [0.29, 0.717) is 0 Å². The average molecular weight is 393 g/mol. The van der Waals surface area contributed by atoms with Gasteiger partial charge in [-0.1, -0.05) is 57.0 Å². The normalized spacial score (nSPS) is 12.0. The molecule has 0 saturated heterocycles.